The summed E-state index contributed by atoms with van der Waals surface area (Å²) < 4.78 is 5.57. The highest BCUT2D eigenvalue weighted by Gasteiger charge is 2.14. The molecule has 0 aliphatic heterocycles. The van der Waals surface area contributed by atoms with Crippen molar-refractivity contribution in [3.8, 4) is 0 Å². The summed E-state index contributed by atoms with van der Waals surface area (Å²) >= 11 is 0. The van der Waals surface area contributed by atoms with Crippen molar-refractivity contribution < 1.29 is 4.42 Å². The van der Waals surface area contributed by atoms with Crippen LogP contribution in [0.1, 0.15) is 30.8 Å². The first-order valence-electron chi connectivity index (χ1n) is 6.38. The molecule has 98 valence electrons. The zero-order valence-corrected chi connectivity index (χ0v) is 11.2. The van der Waals surface area contributed by atoms with E-state index in [2.05, 4.69) is 29.4 Å². The minimum atomic E-state index is 0.304. The predicted octanol–water partition coefficient (Wildman–Crippen LogP) is 2.38. The maximum absolute atomic E-state index is 5.69. The van der Waals surface area contributed by atoms with Gasteiger partial charge in [0.05, 0.1) is 0 Å². The van der Waals surface area contributed by atoms with E-state index >= 15 is 0 Å². The van der Waals surface area contributed by atoms with Crippen LogP contribution in [0.2, 0.25) is 0 Å². The van der Waals surface area contributed by atoms with Crippen molar-refractivity contribution in [1.82, 2.24) is 10.3 Å². The molecular formula is C14H21N3O. The van der Waals surface area contributed by atoms with Crippen LogP contribution >= 0.6 is 0 Å². The number of rotatable bonds is 5. The summed E-state index contributed by atoms with van der Waals surface area (Å²) in [7, 11) is 1.98. The second-order valence-electron chi connectivity index (χ2n) is 4.88. The Balaban J connectivity index is 2.27. The Morgan fingerprint density at radius 3 is 2.89 bits per heavy atom. The van der Waals surface area contributed by atoms with Crippen LogP contribution in [-0.2, 0) is 0 Å². The highest BCUT2D eigenvalue weighted by molar-refractivity contribution is 5.73. The van der Waals surface area contributed by atoms with Crippen LogP contribution in [-0.4, -0.2) is 18.6 Å². The molecule has 4 heteroatoms. The van der Waals surface area contributed by atoms with E-state index in [0.29, 0.717) is 24.4 Å². The molecule has 0 saturated heterocycles. The first-order valence-corrected chi connectivity index (χ1v) is 6.38. The van der Waals surface area contributed by atoms with Gasteiger partial charge in [0.15, 0.2) is 11.5 Å². The Bertz CT molecular complexity index is 521. The fourth-order valence-corrected chi connectivity index (χ4v) is 2.19. The van der Waals surface area contributed by atoms with E-state index < -0.39 is 0 Å². The van der Waals surface area contributed by atoms with Gasteiger partial charge in [-0.05, 0) is 43.6 Å². The van der Waals surface area contributed by atoms with E-state index in [1.807, 2.05) is 20.0 Å². The number of nitrogens with one attached hydrogen (secondary N) is 1. The number of fused-ring (bicyclic) bond motifs is 1. The number of nitrogens with two attached hydrogens (primary N) is 1. The van der Waals surface area contributed by atoms with Gasteiger partial charge in [-0.2, -0.15) is 0 Å². The lowest BCUT2D eigenvalue weighted by Crippen LogP contribution is -2.22. The average molecular weight is 247 g/mol. The number of hydrogen-bond acceptors (Lipinski definition) is 4. The van der Waals surface area contributed by atoms with Crippen LogP contribution in [0.4, 0.5) is 0 Å². The average Bonchev–Trinajstić information content (AvgIpc) is 2.74. The van der Waals surface area contributed by atoms with Gasteiger partial charge in [0.2, 0.25) is 0 Å². The molecule has 0 fully saturated rings. The summed E-state index contributed by atoms with van der Waals surface area (Å²) in [6.45, 7) is 4.75. The molecule has 2 unspecified atom stereocenters. The van der Waals surface area contributed by atoms with E-state index in [9.17, 15) is 0 Å². The molecule has 18 heavy (non-hydrogen) atoms. The zero-order chi connectivity index (χ0) is 13.1. The quantitative estimate of drug-likeness (QED) is 0.851. The third kappa shape index (κ3) is 2.71. The maximum Gasteiger partial charge on any atom is 0.192 e. The molecule has 0 spiro atoms. The Kier molecular flexibility index (Phi) is 3.99. The van der Waals surface area contributed by atoms with Gasteiger partial charge >= 0.3 is 0 Å². The van der Waals surface area contributed by atoms with Gasteiger partial charge in [0.1, 0.15) is 5.52 Å². The van der Waals surface area contributed by atoms with Crippen LogP contribution < -0.4 is 11.1 Å². The van der Waals surface area contributed by atoms with E-state index in [4.69, 9.17) is 10.2 Å². The van der Waals surface area contributed by atoms with Crippen LogP contribution in [0.5, 0.6) is 0 Å². The van der Waals surface area contributed by atoms with E-state index in [1.54, 1.807) is 0 Å². The number of nitrogens with zero attached hydrogens (tertiary/aromatic N) is 1. The molecular weight excluding hydrogens is 226 g/mol. The second-order valence-corrected chi connectivity index (χ2v) is 4.88. The molecule has 2 atom stereocenters. The molecule has 1 aromatic carbocycles. The number of benzene rings is 1. The number of aromatic nitrogens is 1. The zero-order valence-electron chi connectivity index (χ0n) is 11.2. The number of aryl methyl sites for hydroxylation is 1. The molecule has 1 aromatic heterocycles. The van der Waals surface area contributed by atoms with Crippen molar-refractivity contribution in [2.24, 2.45) is 11.7 Å². The molecule has 0 saturated carbocycles. The fraction of sp³-hybridized carbons (Fsp3) is 0.500. The molecule has 2 rings (SSSR count). The number of hydrogen-bond donors (Lipinski definition) is 2. The summed E-state index contributed by atoms with van der Waals surface area (Å²) in [6, 6.07) is 6.49. The van der Waals surface area contributed by atoms with Crippen molar-refractivity contribution in [2.45, 2.75) is 26.3 Å². The van der Waals surface area contributed by atoms with Gasteiger partial charge in [-0.3, -0.25) is 0 Å². The van der Waals surface area contributed by atoms with Gasteiger partial charge in [0, 0.05) is 13.0 Å². The third-order valence-electron chi connectivity index (χ3n) is 3.31. The van der Waals surface area contributed by atoms with Gasteiger partial charge in [-0.25, -0.2) is 4.98 Å². The smallest absolute Gasteiger partial charge is 0.192 e. The molecule has 0 bridgehead atoms. The topological polar surface area (TPSA) is 64.1 Å². The predicted molar refractivity (Wildman–Crippen MR) is 73.4 cm³/mol. The summed E-state index contributed by atoms with van der Waals surface area (Å²) in [6.07, 6.45) is 1.02. The Hall–Kier alpha value is -1.39. The summed E-state index contributed by atoms with van der Waals surface area (Å²) in [5.74, 6) is 1.20. The lowest BCUT2D eigenvalue weighted by atomic mass is 9.96. The molecule has 0 aliphatic carbocycles. The van der Waals surface area contributed by atoms with E-state index in [0.717, 1.165) is 17.5 Å². The van der Waals surface area contributed by atoms with Gasteiger partial charge in [0.25, 0.3) is 0 Å². The monoisotopic (exact) mass is 247 g/mol. The Morgan fingerprint density at radius 1 is 1.44 bits per heavy atom. The SMILES string of the molecule is CNC(CC(C)CN)c1ccc2nc(C)oc2c1. The Morgan fingerprint density at radius 2 is 2.22 bits per heavy atom. The normalized spacial score (nSPS) is 14.9. The molecule has 3 N–H and O–H groups in total. The molecule has 2 aromatic rings. The van der Waals surface area contributed by atoms with Gasteiger partial charge in [-0.1, -0.05) is 13.0 Å². The largest absolute Gasteiger partial charge is 0.441 e. The van der Waals surface area contributed by atoms with Crippen molar-refractivity contribution in [3.63, 3.8) is 0 Å². The third-order valence-corrected chi connectivity index (χ3v) is 3.31. The van der Waals surface area contributed by atoms with Crippen molar-refractivity contribution in [3.05, 3.63) is 29.7 Å². The molecule has 1 heterocycles. The molecule has 0 amide bonds. The van der Waals surface area contributed by atoms with Crippen LogP contribution in [0.3, 0.4) is 0 Å². The minimum absolute atomic E-state index is 0.304. The highest BCUT2D eigenvalue weighted by Crippen LogP contribution is 2.25. The molecule has 0 aliphatic rings. The minimum Gasteiger partial charge on any atom is -0.441 e. The summed E-state index contributed by atoms with van der Waals surface area (Å²) in [5, 5.41) is 3.34. The van der Waals surface area contributed by atoms with Crippen molar-refractivity contribution >= 4 is 11.1 Å². The Labute approximate surface area is 108 Å². The fourth-order valence-electron chi connectivity index (χ4n) is 2.19. The van der Waals surface area contributed by atoms with E-state index in [-0.39, 0.29) is 0 Å². The van der Waals surface area contributed by atoms with E-state index in [1.165, 1.54) is 5.56 Å². The second kappa shape index (κ2) is 5.50. The van der Waals surface area contributed by atoms with Crippen molar-refractivity contribution in [1.29, 1.82) is 0 Å². The maximum atomic E-state index is 5.69. The summed E-state index contributed by atoms with van der Waals surface area (Å²) in [4.78, 5) is 4.31. The lowest BCUT2D eigenvalue weighted by Gasteiger charge is -2.19. The first kappa shape index (κ1) is 13.1. The first-order chi connectivity index (χ1) is 8.63. The van der Waals surface area contributed by atoms with Crippen LogP contribution in [0, 0.1) is 12.8 Å². The molecule has 4 nitrogen and oxygen atoms in total. The summed E-state index contributed by atoms with van der Waals surface area (Å²) in [5.41, 5.74) is 8.68. The van der Waals surface area contributed by atoms with Crippen LogP contribution in [0.25, 0.3) is 11.1 Å². The standard InChI is InChI=1S/C14H21N3O/c1-9(8-15)6-13(16-3)11-4-5-12-14(7-11)18-10(2)17-12/h4-5,7,9,13,16H,6,8,15H2,1-3H3. The van der Waals surface area contributed by atoms with Crippen LogP contribution in [0.15, 0.2) is 22.6 Å². The van der Waals surface area contributed by atoms with Crippen molar-refractivity contribution in [2.75, 3.05) is 13.6 Å². The number of oxazole rings is 1. The van der Waals surface area contributed by atoms with Gasteiger partial charge < -0.3 is 15.5 Å². The molecule has 0 radical (unpaired) electrons. The van der Waals surface area contributed by atoms with Gasteiger partial charge in [-0.15, -0.1) is 0 Å². The lowest BCUT2D eigenvalue weighted by molar-refractivity contribution is 0.437. The highest BCUT2D eigenvalue weighted by atomic mass is 16.3.